The number of esters is 2. The lowest BCUT2D eigenvalue weighted by atomic mass is 9.77. The molecule has 4 rings (SSSR count). The van der Waals surface area contributed by atoms with Crippen molar-refractivity contribution in [1.82, 2.24) is 0 Å². The number of fused-ring (bicyclic) bond motifs is 3. The summed E-state index contributed by atoms with van der Waals surface area (Å²) in [5.74, 6) is -1.49. The molecule has 0 aromatic heterocycles. The molecule has 0 bridgehead atoms. The highest BCUT2D eigenvalue weighted by Crippen LogP contribution is 2.56. The fourth-order valence-electron chi connectivity index (χ4n) is 5.68. The van der Waals surface area contributed by atoms with Gasteiger partial charge in [0.05, 0.1) is 13.2 Å². The van der Waals surface area contributed by atoms with E-state index in [2.05, 4.69) is 13.5 Å². The predicted octanol–water partition coefficient (Wildman–Crippen LogP) is 3.21. The molecule has 2 unspecified atom stereocenters. The van der Waals surface area contributed by atoms with Crippen molar-refractivity contribution in [3.05, 3.63) is 12.2 Å². The summed E-state index contributed by atoms with van der Waals surface area (Å²) in [5.41, 5.74) is 1.13. The van der Waals surface area contributed by atoms with Gasteiger partial charge in [-0.05, 0) is 50.4 Å². The molecule has 0 radical (unpaired) electrons. The number of alkyl halides is 1. The Kier molecular flexibility index (Phi) is 5.49. The largest absolute Gasteiger partial charge is 0.467 e. The van der Waals surface area contributed by atoms with Gasteiger partial charge in [0.25, 0.3) is 0 Å². The van der Waals surface area contributed by atoms with E-state index in [4.69, 9.17) is 30.5 Å². The zero-order chi connectivity index (χ0) is 20.1. The van der Waals surface area contributed by atoms with Crippen LogP contribution in [0.3, 0.4) is 0 Å². The normalized spacial score (nSPS) is 45.8. The molecule has 2 heterocycles. The minimum Gasteiger partial charge on any atom is -0.467 e. The maximum Gasteiger partial charge on any atom is 0.339 e. The van der Waals surface area contributed by atoms with Crippen LogP contribution in [0.4, 0.5) is 0 Å². The molecule has 4 aliphatic rings. The Balaban J connectivity index is 1.59. The van der Waals surface area contributed by atoms with Crippen molar-refractivity contribution in [1.29, 1.82) is 0 Å². The smallest absolute Gasteiger partial charge is 0.339 e. The number of hydrogen-bond donors (Lipinski definition) is 0. The number of rotatable bonds is 3. The van der Waals surface area contributed by atoms with Crippen molar-refractivity contribution in [2.45, 2.75) is 68.8 Å². The topological polar surface area (TPSA) is 71.1 Å². The minimum atomic E-state index is -1.76. The molecule has 0 spiro atoms. The standard InChI is InChI=1S/C21H29ClO6/c1-11-7-8-14-18(28-20(24)21(14,22)19(23)25-3)17-12(2)15(10-13(11)17)27-16-6-4-5-9-26-16/h12-18H,1,4-10H2,2-3H3/t12-,13+,14-,15-,16?,17+,18+,21?/m0/s1. The Morgan fingerprint density at radius 1 is 1.32 bits per heavy atom. The van der Waals surface area contributed by atoms with Gasteiger partial charge in [0.15, 0.2) is 6.29 Å². The van der Waals surface area contributed by atoms with Crippen molar-refractivity contribution in [3.8, 4) is 0 Å². The van der Waals surface area contributed by atoms with E-state index >= 15 is 0 Å². The molecule has 7 heteroatoms. The van der Waals surface area contributed by atoms with Gasteiger partial charge in [-0.25, -0.2) is 9.59 Å². The Hall–Kier alpha value is -1.11. The van der Waals surface area contributed by atoms with Crippen LogP contribution in [-0.2, 0) is 28.5 Å². The average Bonchev–Trinajstić information content (AvgIpc) is 3.09. The second-order valence-electron chi connectivity index (χ2n) is 8.63. The molecule has 2 aliphatic heterocycles. The summed E-state index contributed by atoms with van der Waals surface area (Å²) >= 11 is 6.57. The van der Waals surface area contributed by atoms with Crippen LogP contribution in [0.5, 0.6) is 0 Å². The number of hydrogen-bond acceptors (Lipinski definition) is 6. The SMILES string of the molecule is C=C1CC[C@H]2[C@@H](OC(=O)C2(Cl)C(=O)OC)[C@@H]2[C@@H](C)[C@@H](OC3CCCCO3)C[C@H]12. The number of halogens is 1. The van der Waals surface area contributed by atoms with Gasteiger partial charge in [0.1, 0.15) is 6.10 Å². The van der Waals surface area contributed by atoms with Crippen LogP contribution in [0.15, 0.2) is 12.2 Å². The van der Waals surface area contributed by atoms with E-state index in [1.807, 2.05) is 0 Å². The van der Waals surface area contributed by atoms with Gasteiger partial charge in [-0.2, -0.15) is 0 Å². The summed E-state index contributed by atoms with van der Waals surface area (Å²) in [4.78, 5) is 23.2. The molecule has 0 amide bonds. The fraction of sp³-hybridized carbons (Fsp3) is 0.810. The van der Waals surface area contributed by atoms with Gasteiger partial charge in [0, 0.05) is 18.4 Å². The molecule has 2 saturated carbocycles. The lowest BCUT2D eigenvalue weighted by Gasteiger charge is -2.32. The minimum absolute atomic E-state index is 0.00996. The van der Waals surface area contributed by atoms with Gasteiger partial charge < -0.3 is 18.9 Å². The highest BCUT2D eigenvalue weighted by molar-refractivity contribution is 6.45. The van der Waals surface area contributed by atoms with Crippen LogP contribution in [0, 0.1) is 23.7 Å². The number of ether oxygens (including phenoxy) is 4. The van der Waals surface area contributed by atoms with E-state index in [9.17, 15) is 9.59 Å². The Bertz CT molecular complexity index is 659. The van der Waals surface area contributed by atoms with E-state index in [0.29, 0.717) is 12.8 Å². The second kappa shape index (κ2) is 7.62. The number of carbonyl (C=O) groups is 2. The monoisotopic (exact) mass is 412 g/mol. The molecular weight excluding hydrogens is 384 g/mol. The van der Waals surface area contributed by atoms with Gasteiger partial charge in [0.2, 0.25) is 4.87 Å². The third-order valence-electron chi connectivity index (χ3n) is 7.22. The average molecular weight is 413 g/mol. The summed E-state index contributed by atoms with van der Waals surface area (Å²) in [6, 6.07) is 0. The van der Waals surface area contributed by atoms with Crippen LogP contribution in [0.25, 0.3) is 0 Å². The molecule has 0 aromatic rings. The summed E-state index contributed by atoms with van der Waals surface area (Å²) in [7, 11) is 1.25. The molecule has 28 heavy (non-hydrogen) atoms. The highest BCUT2D eigenvalue weighted by Gasteiger charge is 2.66. The Labute approximate surface area is 170 Å². The highest BCUT2D eigenvalue weighted by atomic mass is 35.5. The van der Waals surface area contributed by atoms with Crippen molar-refractivity contribution in [3.63, 3.8) is 0 Å². The molecule has 0 aromatic carbocycles. The number of carbonyl (C=O) groups excluding carboxylic acids is 2. The van der Waals surface area contributed by atoms with Gasteiger partial charge in [-0.1, -0.05) is 30.7 Å². The first-order valence-corrected chi connectivity index (χ1v) is 10.7. The molecule has 8 atom stereocenters. The molecule has 6 nitrogen and oxygen atoms in total. The van der Waals surface area contributed by atoms with Crippen molar-refractivity contribution >= 4 is 23.5 Å². The fourth-order valence-corrected chi connectivity index (χ4v) is 6.04. The molecule has 2 saturated heterocycles. The van der Waals surface area contributed by atoms with E-state index in [1.54, 1.807) is 0 Å². The number of allylic oxidation sites excluding steroid dienone is 1. The first-order valence-electron chi connectivity index (χ1n) is 10.3. The number of methoxy groups -OCH3 is 1. The molecular formula is C21H29ClO6. The van der Waals surface area contributed by atoms with Crippen molar-refractivity contribution in [2.24, 2.45) is 23.7 Å². The van der Waals surface area contributed by atoms with E-state index < -0.39 is 28.8 Å². The first-order chi connectivity index (χ1) is 13.4. The maximum atomic E-state index is 12.6. The summed E-state index contributed by atoms with van der Waals surface area (Å²) in [5, 5.41) is 0. The third-order valence-corrected chi connectivity index (χ3v) is 7.81. The maximum absolute atomic E-state index is 12.6. The quantitative estimate of drug-likeness (QED) is 0.307. The lowest BCUT2D eigenvalue weighted by molar-refractivity contribution is -0.196. The van der Waals surface area contributed by atoms with Crippen molar-refractivity contribution < 1.29 is 28.5 Å². The van der Waals surface area contributed by atoms with Gasteiger partial charge in [-0.3, -0.25) is 0 Å². The summed E-state index contributed by atoms with van der Waals surface area (Å²) in [6.07, 6.45) is 4.65. The van der Waals surface area contributed by atoms with E-state index in [1.165, 1.54) is 7.11 Å². The zero-order valence-electron chi connectivity index (χ0n) is 16.5. The Morgan fingerprint density at radius 3 is 2.79 bits per heavy atom. The van der Waals surface area contributed by atoms with Crippen LogP contribution >= 0.6 is 11.6 Å². The summed E-state index contributed by atoms with van der Waals surface area (Å²) < 4.78 is 22.7. The molecule has 156 valence electrons. The van der Waals surface area contributed by atoms with Crippen LogP contribution in [0.2, 0.25) is 0 Å². The first kappa shape index (κ1) is 20.2. The van der Waals surface area contributed by atoms with Gasteiger partial charge in [-0.15, -0.1) is 0 Å². The van der Waals surface area contributed by atoms with Crippen molar-refractivity contribution in [2.75, 3.05) is 13.7 Å². The molecule has 2 aliphatic carbocycles. The zero-order valence-corrected chi connectivity index (χ0v) is 17.3. The second-order valence-corrected chi connectivity index (χ2v) is 9.22. The molecule has 4 fully saturated rings. The Morgan fingerprint density at radius 2 is 2.11 bits per heavy atom. The van der Waals surface area contributed by atoms with Gasteiger partial charge >= 0.3 is 11.9 Å². The van der Waals surface area contributed by atoms with Crippen LogP contribution < -0.4 is 0 Å². The van der Waals surface area contributed by atoms with Crippen LogP contribution in [-0.4, -0.2) is 49.0 Å². The van der Waals surface area contributed by atoms with E-state index in [0.717, 1.165) is 37.9 Å². The predicted molar refractivity (Wildman–Crippen MR) is 102 cm³/mol. The van der Waals surface area contributed by atoms with Crippen LogP contribution in [0.1, 0.15) is 45.4 Å². The summed E-state index contributed by atoms with van der Waals surface area (Å²) in [6.45, 7) is 7.18. The molecule has 0 N–H and O–H groups in total. The lowest BCUT2D eigenvalue weighted by Crippen LogP contribution is -2.46. The van der Waals surface area contributed by atoms with E-state index in [-0.39, 0.29) is 30.1 Å². The third kappa shape index (κ3) is 3.08.